The van der Waals surface area contributed by atoms with Crippen molar-refractivity contribution in [2.75, 3.05) is 42.9 Å². The molecule has 2 heterocycles. The lowest BCUT2D eigenvalue weighted by Gasteiger charge is -2.36. The second-order valence-electron chi connectivity index (χ2n) is 8.26. The molecule has 9 nitrogen and oxygen atoms in total. The van der Waals surface area contributed by atoms with E-state index in [0.29, 0.717) is 17.3 Å². The molecule has 0 radical (unpaired) electrons. The zero-order valence-corrected chi connectivity index (χ0v) is 17.7. The smallest absolute Gasteiger partial charge is 0.293 e. The van der Waals surface area contributed by atoms with Crippen LogP contribution >= 0.6 is 0 Å². The van der Waals surface area contributed by atoms with Crippen molar-refractivity contribution in [2.24, 2.45) is 0 Å². The van der Waals surface area contributed by atoms with Gasteiger partial charge in [0.05, 0.1) is 4.92 Å². The van der Waals surface area contributed by atoms with Gasteiger partial charge in [-0.05, 0) is 44.0 Å². The molecule has 2 N–H and O–H groups in total. The van der Waals surface area contributed by atoms with Crippen molar-refractivity contribution >= 4 is 23.1 Å². The number of rotatable bonds is 8. The largest absolute Gasteiger partial charge is 0.377 e. The van der Waals surface area contributed by atoms with Crippen molar-refractivity contribution in [2.45, 2.75) is 31.8 Å². The molecule has 1 saturated carbocycles. The molecular formula is C22H28N6O3. The number of amides is 1. The van der Waals surface area contributed by atoms with Gasteiger partial charge in [0.15, 0.2) is 0 Å². The molecule has 4 rings (SSSR count). The van der Waals surface area contributed by atoms with Crippen molar-refractivity contribution in [1.29, 1.82) is 0 Å². The summed E-state index contributed by atoms with van der Waals surface area (Å²) in [5.74, 6) is 0.699. The number of piperazine rings is 1. The monoisotopic (exact) mass is 424 g/mol. The van der Waals surface area contributed by atoms with Crippen LogP contribution in [0.15, 0.2) is 42.6 Å². The second kappa shape index (κ2) is 9.30. The fourth-order valence-corrected chi connectivity index (χ4v) is 3.83. The quantitative estimate of drug-likeness (QED) is 0.496. The molecule has 1 saturated heterocycles. The Labute approximate surface area is 181 Å². The summed E-state index contributed by atoms with van der Waals surface area (Å²) in [6.45, 7) is 6.25. The lowest BCUT2D eigenvalue weighted by atomic mass is 10.1. The molecule has 164 valence electrons. The summed E-state index contributed by atoms with van der Waals surface area (Å²) < 4.78 is 0. The van der Waals surface area contributed by atoms with Crippen LogP contribution in [-0.2, 0) is 0 Å². The highest BCUT2D eigenvalue weighted by Gasteiger charge is 2.26. The van der Waals surface area contributed by atoms with Gasteiger partial charge in [-0.25, -0.2) is 4.98 Å². The number of pyridine rings is 1. The summed E-state index contributed by atoms with van der Waals surface area (Å²) in [6.07, 6.45) is 3.85. The minimum absolute atomic E-state index is 0.0575. The van der Waals surface area contributed by atoms with Crippen LogP contribution in [0.25, 0.3) is 0 Å². The molecule has 9 heteroatoms. The zero-order valence-electron chi connectivity index (χ0n) is 17.7. The van der Waals surface area contributed by atoms with Crippen LogP contribution in [0.1, 0.15) is 30.1 Å². The molecule has 1 atom stereocenters. The maximum Gasteiger partial charge on any atom is 0.293 e. The Morgan fingerprint density at radius 1 is 1.23 bits per heavy atom. The SMILES string of the molecule is CC(CN1CCN(c2ccccn2)CC1)NC(=O)c1ccc(NC2CC2)c([N+](=O)[O-])c1. The molecule has 2 aliphatic rings. The van der Waals surface area contributed by atoms with E-state index in [1.807, 2.05) is 25.1 Å². The molecule has 2 aromatic rings. The number of carbonyl (C=O) groups is 1. The van der Waals surface area contributed by atoms with Crippen LogP contribution in [0, 0.1) is 10.1 Å². The predicted octanol–water partition coefficient (Wildman–Crippen LogP) is 2.50. The van der Waals surface area contributed by atoms with Crippen LogP contribution < -0.4 is 15.5 Å². The van der Waals surface area contributed by atoms with E-state index in [0.717, 1.165) is 51.4 Å². The summed E-state index contributed by atoms with van der Waals surface area (Å²) >= 11 is 0. The Hall–Kier alpha value is -3.20. The van der Waals surface area contributed by atoms with Gasteiger partial charge in [-0.15, -0.1) is 0 Å². The third-order valence-electron chi connectivity index (χ3n) is 5.65. The van der Waals surface area contributed by atoms with Gasteiger partial charge in [-0.2, -0.15) is 0 Å². The number of anilines is 2. The molecule has 1 aliphatic carbocycles. The fourth-order valence-electron chi connectivity index (χ4n) is 3.83. The molecule has 0 spiro atoms. The van der Waals surface area contributed by atoms with Crippen molar-refractivity contribution in [3.8, 4) is 0 Å². The van der Waals surface area contributed by atoms with E-state index >= 15 is 0 Å². The van der Waals surface area contributed by atoms with Gasteiger partial charge in [-0.1, -0.05) is 6.07 Å². The summed E-state index contributed by atoms with van der Waals surface area (Å²) in [5.41, 5.74) is 0.723. The molecule has 1 aromatic heterocycles. The number of carbonyl (C=O) groups excluding carboxylic acids is 1. The lowest BCUT2D eigenvalue weighted by molar-refractivity contribution is -0.384. The third kappa shape index (κ3) is 5.49. The minimum atomic E-state index is -0.438. The first-order valence-electron chi connectivity index (χ1n) is 10.7. The molecular weight excluding hydrogens is 396 g/mol. The predicted molar refractivity (Wildman–Crippen MR) is 120 cm³/mol. The van der Waals surface area contributed by atoms with E-state index in [2.05, 4.69) is 25.4 Å². The lowest BCUT2D eigenvalue weighted by Crippen LogP contribution is -2.51. The van der Waals surface area contributed by atoms with Crippen LogP contribution in [-0.4, -0.2) is 65.5 Å². The van der Waals surface area contributed by atoms with Gasteiger partial charge in [0.25, 0.3) is 11.6 Å². The first-order valence-corrected chi connectivity index (χ1v) is 10.7. The highest BCUT2D eigenvalue weighted by molar-refractivity contribution is 5.96. The van der Waals surface area contributed by atoms with Crippen molar-refractivity contribution in [1.82, 2.24) is 15.2 Å². The number of hydrogen-bond acceptors (Lipinski definition) is 7. The van der Waals surface area contributed by atoms with Crippen LogP contribution in [0.5, 0.6) is 0 Å². The first kappa shape index (κ1) is 21.0. The van der Waals surface area contributed by atoms with Gasteiger partial charge < -0.3 is 15.5 Å². The maximum atomic E-state index is 12.7. The number of nitro groups is 1. The molecule has 2 fully saturated rings. The molecule has 1 amide bonds. The summed E-state index contributed by atoms with van der Waals surface area (Å²) in [7, 11) is 0. The van der Waals surface area contributed by atoms with Gasteiger partial charge in [0, 0.05) is 62.6 Å². The van der Waals surface area contributed by atoms with Gasteiger partial charge >= 0.3 is 0 Å². The average Bonchev–Trinajstić information content (AvgIpc) is 3.59. The number of nitro benzene ring substituents is 1. The molecule has 1 aliphatic heterocycles. The number of hydrogen-bond donors (Lipinski definition) is 2. The van der Waals surface area contributed by atoms with E-state index in [1.54, 1.807) is 18.3 Å². The van der Waals surface area contributed by atoms with Crippen LogP contribution in [0.4, 0.5) is 17.2 Å². The first-order chi connectivity index (χ1) is 15.0. The van der Waals surface area contributed by atoms with E-state index in [-0.39, 0.29) is 17.6 Å². The van der Waals surface area contributed by atoms with Gasteiger partial charge in [0.1, 0.15) is 11.5 Å². The normalized spacial score (nSPS) is 17.8. The minimum Gasteiger partial charge on any atom is -0.377 e. The molecule has 0 bridgehead atoms. The highest BCUT2D eigenvalue weighted by atomic mass is 16.6. The molecule has 1 unspecified atom stereocenters. The standard InChI is InChI=1S/C22H28N6O3/c1-16(15-26-10-12-27(13-11-26)21-4-2-3-9-23-21)24-22(29)17-5-8-19(25-18-6-7-18)20(14-17)28(30)31/h2-5,8-9,14,16,18,25H,6-7,10-13,15H2,1H3,(H,24,29). The Morgan fingerprint density at radius 2 is 2.00 bits per heavy atom. The fraction of sp³-hybridized carbons (Fsp3) is 0.455. The van der Waals surface area contributed by atoms with Crippen molar-refractivity contribution in [3.63, 3.8) is 0 Å². The number of nitrogens with zero attached hydrogens (tertiary/aromatic N) is 4. The third-order valence-corrected chi connectivity index (χ3v) is 5.65. The number of benzene rings is 1. The summed E-state index contributed by atoms with van der Waals surface area (Å²) in [6, 6.07) is 10.8. The average molecular weight is 425 g/mol. The Kier molecular flexibility index (Phi) is 6.31. The topological polar surface area (TPSA) is 104 Å². The van der Waals surface area contributed by atoms with E-state index in [1.165, 1.54) is 6.07 Å². The van der Waals surface area contributed by atoms with E-state index < -0.39 is 4.92 Å². The zero-order chi connectivity index (χ0) is 21.8. The Bertz CT molecular complexity index is 926. The van der Waals surface area contributed by atoms with Crippen LogP contribution in [0.3, 0.4) is 0 Å². The van der Waals surface area contributed by atoms with Gasteiger partial charge in [-0.3, -0.25) is 19.8 Å². The molecule has 1 aromatic carbocycles. The van der Waals surface area contributed by atoms with E-state index in [9.17, 15) is 14.9 Å². The molecule has 31 heavy (non-hydrogen) atoms. The Balaban J connectivity index is 1.29. The Morgan fingerprint density at radius 3 is 2.65 bits per heavy atom. The van der Waals surface area contributed by atoms with Gasteiger partial charge in [0.2, 0.25) is 0 Å². The van der Waals surface area contributed by atoms with E-state index in [4.69, 9.17) is 0 Å². The van der Waals surface area contributed by atoms with Crippen LogP contribution in [0.2, 0.25) is 0 Å². The summed E-state index contributed by atoms with van der Waals surface area (Å²) in [5, 5.41) is 17.6. The van der Waals surface area contributed by atoms with Crippen molar-refractivity contribution < 1.29 is 9.72 Å². The second-order valence-corrected chi connectivity index (χ2v) is 8.26. The summed E-state index contributed by atoms with van der Waals surface area (Å²) in [4.78, 5) is 32.6. The van der Waals surface area contributed by atoms with Crippen molar-refractivity contribution in [3.05, 3.63) is 58.3 Å². The number of aromatic nitrogens is 1. The number of nitrogens with one attached hydrogen (secondary N) is 2. The highest BCUT2D eigenvalue weighted by Crippen LogP contribution is 2.31. The maximum absolute atomic E-state index is 12.7.